The second-order valence-electron chi connectivity index (χ2n) is 8.13. The van der Waals surface area contributed by atoms with Gasteiger partial charge in [-0.1, -0.05) is 32.9 Å². The van der Waals surface area contributed by atoms with Crippen molar-refractivity contribution in [2.75, 3.05) is 13.2 Å². The highest BCUT2D eigenvalue weighted by molar-refractivity contribution is 5.76. The maximum atomic E-state index is 11.9. The molecule has 0 aliphatic rings. The molecule has 0 aliphatic carbocycles. The normalized spacial score (nSPS) is 12.2. The van der Waals surface area contributed by atoms with Gasteiger partial charge in [0.2, 0.25) is 5.91 Å². The molecule has 0 saturated heterocycles. The quantitative estimate of drug-likeness (QED) is 0.615. The number of nitrogens with zero attached hydrogens (tertiary/aromatic N) is 3. The van der Waals surface area contributed by atoms with Crippen LogP contribution in [0.1, 0.15) is 53.2 Å². The number of ketones is 1. The molecule has 1 rings (SSSR count). The highest BCUT2D eigenvalue weighted by Crippen LogP contribution is 2.24. The smallest absolute Gasteiger partial charge is 0.248 e. The van der Waals surface area contributed by atoms with E-state index in [1.54, 1.807) is 17.8 Å². The Kier molecular flexibility index (Phi) is 7.66. The number of halogens is 1. The molecule has 7 nitrogen and oxygen atoms in total. The number of rotatable bonds is 11. The van der Waals surface area contributed by atoms with E-state index >= 15 is 0 Å². The van der Waals surface area contributed by atoms with Crippen molar-refractivity contribution in [3.8, 4) is 0 Å². The topological polar surface area (TPSA) is 86.1 Å². The summed E-state index contributed by atoms with van der Waals surface area (Å²) in [5.41, 5.74) is 1.38. The van der Waals surface area contributed by atoms with Gasteiger partial charge in [0.25, 0.3) is 0 Å². The van der Waals surface area contributed by atoms with Gasteiger partial charge in [-0.3, -0.25) is 9.48 Å². The molecule has 1 aromatic heterocycles. The molecule has 1 amide bonds. The molecule has 0 spiro atoms. The molecule has 0 aromatic carbocycles. The van der Waals surface area contributed by atoms with Gasteiger partial charge < -0.3 is 9.53 Å². The third-order valence-corrected chi connectivity index (χ3v) is 3.60. The number of ether oxygens (including phenoxy) is 1. The molecule has 1 heterocycles. The van der Waals surface area contributed by atoms with Crippen molar-refractivity contribution in [1.82, 2.24) is 20.5 Å². The number of aromatic nitrogens is 3. The maximum Gasteiger partial charge on any atom is 0.248 e. The Labute approximate surface area is 148 Å². The van der Waals surface area contributed by atoms with Crippen LogP contribution in [0.25, 0.3) is 0 Å². The molecule has 8 heteroatoms. The molecule has 0 atom stereocenters. The van der Waals surface area contributed by atoms with Gasteiger partial charge in [-0.05, 0) is 12.3 Å². The predicted octanol–water partition coefficient (Wildman–Crippen LogP) is 2.26. The Hall–Kier alpha value is -1.83. The number of Topliss-reactive ketones (excluding diaryl/α,β-unsaturated/α-hetero) is 1. The highest BCUT2D eigenvalue weighted by Gasteiger charge is 2.24. The van der Waals surface area contributed by atoms with Gasteiger partial charge in [0.05, 0.1) is 18.9 Å². The van der Waals surface area contributed by atoms with Crippen LogP contribution in [-0.4, -0.2) is 39.9 Å². The second-order valence-corrected chi connectivity index (χ2v) is 8.13. The Bertz CT molecular complexity index is 584. The van der Waals surface area contributed by atoms with E-state index in [-0.39, 0.29) is 23.0 Å². The Balaban J connectivity index is 2.45. The van der Waals surface area contributed by atoms with Gasteiger partial charge in [0, 0.05) is 37.4 Å². The number of carbonyl (C=O) groups is 2. The molecule has 0 radical (unpaired) electrons. The fourth-order valence-electron chi connectivity index (χ4n) is 2.63. The Morgan fingerprint density at radius 2 is 1.88 bits per heavy atom. The molecule has 0 bridgehead atoms. The summed E-state index contributed by atoms with van der Waals surface area (Å²) in [5.74, 6) is -0.513. The van der Waals surface area contributed by atoms with Gasteiger partial charge in [0.15, 0.2) is 0 Å². The average Bonchev–Trinajstić information content (AvgIpc) is 2.89. The van der Waals surface area contributed by atoms with Crippen molar-refractivity contribution in [2.45, 2.75) is 60.4 Å². The van der Waals surface area contributed by atoms with Crippen LogP contribution in [0.15, 0.2) is 6.20 Å². The van der Waals surface area contributed by atoms with Crippen LogP contribution < -0.4 is 5.54 Å². The summed E-state index contributed by atoms with van der Waals surface area (Å²) in [6.45, 7) is 11.4. The summed E-state index contributed by atoms with van der Waals surface area (Å²) in [7, 11) is 0. The van der Waals surface area contributed by atoms with Crippen LogP contribution in [-0.2, 0) is 27.3 Å². The molecule has 142 valence electrons. The summed E-state index contributed by atoms with van der Waals surface area (Å²) >= 11 is 0. The lowest BCUT2D eigenvalue weighted by atomic mass is 9.88. The van der Waals surface area contributed by atoms with E-state index in [1.807, 2.05) is 13.8 Å². The monoisotopic (exact) mass is 356 g/mol. The summed E-state index contributed by atoms with van der Waals surface area (Å²) in [6, 6.07) is 0. The van der Waals surface area contributed by atoms with E-state index in [0.29, 0.717) is 38.3 Å². The molecule has 0 aliphatic heterocycles. The number of nitrogens with one attached hydrogen (secondary N) is 1. The number of carbonyl (C=O) groups excluding carboxylic acids is 2. The molecule has 0 fully saturated rings. The zero-order chi connectivity index (χ0) is 19.1. The molecule has 1 aromatic rings. The summed E-state index contributed by atoms with van der Waals surface area (Å²) in [5, 5.41) is 8.03. The number of hydrogen-bond donors (Lipinski definition) is 1. The van der Waals surface area contributed by atoms with E-state index in [4.69, 9.17) is 4.74 Å². The summed E-state index contributed by atoms with van der Waals surface area (Å²) < 4.78 is 19.4. The second kappa shape index (κ2) is 9.03. The first-order chi connectivity index (χ1) is 11.5. The molecular formula is C17H29FN4O3. The summed E-state index contributed by atoms with van der Waals surface area (Å²) in [4.78, 5) is 22.2. The predicted molar refractivity (Wildman–Crippen MR) is 91.3 cm³/mol. The lowest BCUT2D eigenvalue weighted by Gasteiger charge is -2.28. The lowest BCUT2D eigenvalue weighted by Crippen LogP contribution is -2.29. The third kappa shape index (κ3) is 8.72. The molecule has 0 saturated carbocycles. The number of aryl methyl sites for hydroxylation is 1. The lowest BCUT2D eigenvalue weighted by molar-refractivity contribution is -0.125. The zero-order valence-corrected chi connectivity index (χ0v) is 15.8. The van der Waals surface area contributed by atoms with E-state index in [0.717, 1.165) is 5.54 Å². The van der Waals surface area contributed by atoms with Crippen LogP contribution in [0.4, 0.5) is 4.48 Å². The number of hydrogen-bond acceptors (Lipinski definition) is 5. The Morgan fingerprint density at radius 3 is 2.48 bits per heavy atom. The van der Waals surface area contributed by atoms with Gasteiger partial charge in [-0.2, -0.15) is 5.54 Å². The van der Waals surface area contributed by atoms with E-state index in [2.05, 4.69) is 24.2 Å². The van der Waals surface area contributed by atoms with Crippen molar-refractivity contribution in [3.63, 3.8) is 0 Å². The zero-order valence-electron chi connectivity index (χ0n) is 15.8. The van der Waals surface area contributed by atoms with Crippen LogP contribution in [0.5, 0.6) is 0 Å². The maximum absolute atomic E-state index is 11.9. The highest BCUT2D eigenvalue weighted by atomic mass is 19.2. The van der Waals surface area contributed by atoms with Gasteiger partial charge in [-0.25, -0.2) is 0 Å². The first-order valence-corrected chi connectivity index (χ1v) is 8.39. The first-order valence-electron chi connectivity index (χ1n) is 8.39. The summed E-state index contributed by atoms with van der Waals surface area (Å²) in [6.07, 6.45) is 2.62. The standard InChI is InChI=1S/C17H29FN4O3/c1-13(23)8-16(2,3)11-25-12-17(4,5)10-22-9-14(20-21-22)6-7-15(24)19-18/h9H,6-8,10-12H2,1-5H3,(H,19,24). The molecule has 1 N–H and O–H groups in total. The molecular weight excluding hydrogens is 327 g/mol. The minimum absolute atomic E-state index is 0.0347. The largest absolute Gasteiger partial charge is 0.380 e. The first kappa shape index (κ1) is 21.2. The van der Waals surface area contributed by atoms with E-state index < -0.39 is 5.91 Å². The van der Waals surface area contributed by atoms with Crippen molar-refractivity contribution >= 4 is 11.7 Å². The van der Waals surface area contributed by atoms with Gasteiger partial charge in [0.1, 0.15) is 5.78 Å². The van der Waals surface area contributed by atoms with Crippen molar-refractivity contribution in [3.05, 3.63) is 11.9 Å². The van der Waals surface area contributed by atoms with Gasteiger partial charge in [-0.15, -0.1) is 9.58 Å². The van der Waals surface area contributed by atoms with Gasteiger partial charge >= 0.3 is 0 Å². The van der Waals surface area contributed by atoms with Crippen molar-refractivity contribution in [1.29, 1.82) is 0 Å². The fourth-order valence-corrected chi connectivity index (χ4v) is 2.63. The average molecular weight is 356 g/mol. The van der Waals surface area contributed by atoms with Crippen LogP contribution in [0.3, 0.4) is 0 Å². The van der Waals surface area contributed by atoms with Crippen LogP contribution in [0, 0.1) is 10.8 Å². The van der Waals surface area contributed by atoms with E-state index in [1.165, 1.54) is 0 Å². The molecule has 0 unspecified atom stereocenters. The van der Waals surface area contributed by atoms with Crippen molar-refractivity contribution in [2.24, 2.45) is 10.8 Å². The minimum Gasteiger partial charge on any atom is -0.380 e. The third-order valence-electron chi connectivity index (χ3n) is 3.60. The number of amides is 1. The minimum atomic E-state index is -0.670. The van der Waals surface area contributed by atoms with Crippen molar-refractivity contribution < 1.29 is 18.8 Å². The van der Waals surface area contributed by atoms with Crippen LogP contribution in [0.2, 0.25) is 0 Å². The SMILES string of the molecule is CC(=O)CC(C)(C)COCC(C)(C)Cn1cc(CCC(=O)NF)nn1. The van der Waals surface area contributed by atoms with Crippen LogP contribution >= 0.6 is 0 Å². The molecule has 25 heavy (non-hydrogen) atoms. The Morgan fingerprint density at radius 1 is 1.24 bits per heavy atom. The fraction of sp³-hybridized carbons (Fsp3) is 0.765. The van der Waals surface area contributed by atoms with E-state index in [9.17, 15) is 14.1 Å².